The van der Waals surface area contributed by atoms with Crippen LogP contribution >= 0.6 is 0 Å². The average Bonchev–Trinajstić information content (AvgIpc) is 3.19. The number of carbonyl (C=O) groups is 2. The van der Waals surface area contributed by atoms with Crippen molar-refractivity contribution in [1.82, 2.24) is 19.9 Å². The molecule has 0 bridgehead atoms. The van der Waals surface area contributed by atoms with Crippen LogP contribution in [-0.2, 0) is 16.1 Å². The number of aromatic nitrogens is 3. The molecule has 0 radical (unpaired) electrons. The van der Waals surface area contributed by atoms with Gasteiger partial charge in [0, 0.05) is 12.1 Å². The van der Waals surface area contributed by atoms with Gasteiger partial charge in [-0.3, -0.25) is 4.79 Å². The van der Waals surface area contributed by atoms with Crippen LogP contribution < -0.4 is 4.90 Å². The maximum absolute atomic E-state index is 14.6. The molecule has 1 fully saturated rings. The number of aliphatic hydroxyl groups excluding tert-OH is 1. The maximum Gasteiger partial charge on any atom is 0.418 e. The van der Waals surface area contributed by atoms with Gasteiger partial charge in [0.25, 0.3) is 5.91 Å². The lowest BCUT2D eigenvalue weighted by Crippen LogP contribution is -2.38. The summed E-state index contributed by atoms with van der Waals surface area (Å²) in [7, 11) is 0. The summed E-state index contributed by atoms with van der Waals surface area (Å²) >= 11 is 0. The highest BCUT2D eigenvalue weighted by atomic mass is 19.1. The highest BCUT2D eigenvalue weighted by Crippen LogP contribution is 2.29. The van der Waals surface area contributed by atoms with Crippen LogP contribution in [-0.4, -0.2) is 55.8 Å². The van der Waals surface area contributed by atoms with Crippen LogP contribution in [0.1, 0.15) is 26.5 Å². The van der Waals surface area contributed by atoms with Crippen molar-refractivity contribution in [2.24, 2.45) is 0 Å². The molecule has 2 aromatic rings. The van der Waals surface area contributed by atoms with E-state index >= 15 is 0 Å². The zero-order valence-electron chi connectivity index (χ0n) is 15.5. The molecule has 2 amide bonds. The molecule has 1 aromatic heterocycles. The number of amides is 2. The Morgan fingerprint density at radius 2 is 1.93 bits per heavy atom. The predicted octanol–water partition coefficient (Wildman–Crippen LogP) is 1.58. The summed E-state index contributed by atoms with van der Waals surface area (Å²) in [6.07, 6.45) is 0.453. The molecule has 9 nitrogen and oxygen atoms in total. The zero-order chi connectivity index (χ0) is 20.6. The van der Waals surface area contributed by atoms with Crippen LogP contribution in [0.15, 0.2) is 18.3 Å². The Labute approximate surface area is 159 Å². The third-order valence-electron chi connectivity index (χ3n) is 3.84. The minimum atomic E-state index is -0.935. The zero-order valence-corrected chi connectivity index (χ0v) is 15.5. The van der Waals surface area contributed by atoms with Gasteiger partial charge in [0.15, 0.2) is 11.6 Å². The first-order valence-electron chi connectivity index (χ1n) is 8.39. The van der Waals surface area contributed by atoms with Crippen molar-refractivity contribution < 1.29 is 28.2 Å². The van der Waals surface area contributed by atoms with Crippen molar-refractivity contribution in [3.63, 3.8) is 0 Å². The summed E-state index contributed by atoms with van der Waals surface area (Å²) in [4.78, 5) is 26.1. The lowest BCUT2D eigenvalue weighted by atomic mass is 10.2. The van der Waals surface area contributed by atoms with E-state index in [0.717, 1.165) is 26.6 Å². The molecule has 0 unspecified atom stereocenters. The molecule has 3 rings (SSSR count). The van der Waals surface area contributed by atoms with Crippen LogP contribution in [0.2, 0.25) is 0 Å². The topological polar surface area (TPSA) is 101 Å². The molecule has 1 saturated heterocycles. The highest BCUT2D eigenvalue weighted by Gasteiger charge is 2.37. The number of halogens is 2. The average molecular weight is 395 g/mol. The number of imide groups is 1. The summed E-state index contributed by atoms with van der Waals surface area (Å²) in [5, 5.41) is 16.3. The molecule has 1 aromatic carbocycles. The van der Waals surface area contributed by atoms with Gasteiger partial charge in [0.1, 0.15) is 23.7 Å². The number of aliphatic hydroxyl groups is 1. The fourth-order valence-corrected chi connectivity index (χ4v) is 2.66. The lowest BCUT2D eigenvalue weighted by Gasteiger charge is -2.24. The largest absolute Gasteiger partial charge is 0.443 e. The third kappa shape index (κ3) is 3.93. The molecular formula is C17H19F2N5O4. The smallest absolute Gasteiger partial charge is 0.418 e. The first kappa shape index (κ1) is 19.7. The minimum absolute atomic E-state index is 0.0560. The Balaban J connectivity index is 1.84. The van der Waals surface area contributed by atoms with Gasteiger partial charge in [-0.2, -0.15) is 0 Å². The van der Waals surface area contributed by atoms with Crippen LogP contribution in [0.3, 0.4) is 0 Å². The van der Waals surface area contributed by atoms with Gasteiger partial charge in [-0.25, -0.2) is 23.2 Å². The second kappa shape index (κ2) is 7.15. The highest BCUT2D eigenvalue weighted by molar-refractivity contribution is 5.97. The molecule has 0 spiro atoms. The molecule has 2 heterocycles. The molecule has 1 N–H and O–H groups in total. The van der Waals surface area contributed by atoms with E-state index in [4.69, 9.17) is 9.84 Å². The van der Waals surface area contributed by atoms with E-state index in [2.05, 4.69) is 10.3 Å². The van der Waals surface area contributed by atoms with Crippen LogP contribution in [0.4, 0.5) is 19.3 Å². The van der Waals surface area contributed by atoms with Crippen molar-refractivity contribution in [3.05, 3.63) is 35.7 Å². The Hall–Kier alpha value is -3.08. The van der Waals surface area contributed by atoms with Gasteiger partial charge >= 0.3 is 6.09 Å². The second-order valence-electron chi connectivity index (χ2n) is 7.21. The number of nitrogens with zero attached hydrogens (tertiary/aromatic N) is 5. The van der Waals surface area contributed by atoms with E-state index in [1.54, 1.807) is 20.8 Å². The van der Waals surface area contributed by atoms with Crippen molar-refractivity contribution in [1.29, 1.82) is 0 Å². The Morgan fingerprint density at radius 3 is 2.46 bits per heavy atom. The molecule has 150 valence electrons. The molecule has 28 heavy (non-hydrogen) atoms. The summed E-state index contributed by atoms with van der Waals surface area (Å²) in [5.41, 5.74) is -0.956. The second-order valence-corrected chi connectivity index (χ2v) is 7.21. The fraction of sp³-hybridized carbons (Fsp3) is 0.412. The van der Waals surface area contributed by atoms with Gasteiger partial charge in [0.05, 0.1) is 25.0 Å². The monoisotopic (exact) mass is 395 g/mol. The van der Waals surface area contributed by atoms with Crippen molar-refractivity contribution in [3.8, 4) is 5.69 Å². The van der Waals surface area contributed by atoms with Gasteiger partial charge in [-0.15, -0.1) is 5.10 Å². The molecule has 0 aliphatic carbocycles. The first-order chi connectivity index (χ1) is 13.1. The number of rotatable bonds is 3. The SMILES string of the molecule is CC(C)(C)OC(=O)N1CN(c2c(F)cc(-n3cc(CO)nn3)cc2F)CC1=O. The molecule has 0 saturated carbocycles. The number of ether oxygens (including phenoxy) is 1. The Kier molecular flexibility index (Phi) is 5.02. The summed E-state index contributed by atoms with van der Waals surface area (Å²) < 4.78 is 35.5. The fourth-order valence-electron chi connectivity index (χ4n) is 2.66. The number of hydrogen-bond donors (Lipinski definition) is 1. The van der Waals surface area contributed by atoms with Crippen molar-refractivity contribution in [2.45, 2.75) is 33.0 Å². The number of carbonyl (C=O) groups excluding carboxylic acids is 2. The van der Waals surface area contributed by atoms with Gasteiger partial charge < -0.3 is 14.7 Å². The summed E-state index contributed by atoms with van der Waals surface area (Å²) in [6.45, 7) is 3.87. The standard InChI is InChI=1S/C17H19F2N5O4/c1-17(2,3)28-16(27)23-9-22(7-14(23)26)15-12(18)4-11(5-13(15)19)24-6-10(8-25)20-21-24/h4-6,25H,7-9H2,1-3H3. The normalized spacial score (nSPS) is 14.7. The molecule has 0 atom stereocenters. The third-order valence-corrected chi connectivity index (χ3v) is 3.84. The van der Waals surface area contributed by atoms with Gasteiger partial charge in [-0.05, 0) is 20.8 Å². The number of hydrogen-bond acceptors (Lipinski definition) is 7. The van der Waals surface area contributed by atoms with Crippen molar-refractivity contribution in [2.75, 3.05) is 18.1 Å². The molecule has 1 aliphatic heterocycles. The molecular weight excluding hydrogens is 376 g/mol. The van der Waals surface area contributed by atoms with Crippen LogP contribution in [0, 0.1) is 11.6 Å². The van der Waals surface area contributed by atoms with E-state index in [-0.39, 0.29) is 31.2 Å². The minimum Gasteiger partial charge on any atom is -0.443 e. The van der Waals surface area contributed by atoms with E-state index in [0.29, 0.717) is 0 Å². The van der Waals surface area contributed by atoms with Crippen LogP contribution in [0.25, 0.3) is 5.69 Å². The van der Waals surface area contributed by atoms with Crippen LogP contribution in [0.5, 0.6) is 0 Å². The van der Waals surface area contributed by atoms with E-state index in [9.17, 15) is 18.4 Å². The van der Waals surface area contributed by atoms with E-state index in [1.807, 2.05) is 0 Å². The van der Waals surface area contributed by atoms with E-state index in [1.165, 1.54) is 6.20 Å². The van der Waals surface area contributed by atoms with Gasteiger partial charge in [0.2, 0.25) is 0 Å². The molecule has 11 heteroatoms. The summed E-state index contributed by atoms with van der Waals surface area (Å²) in [5.74, 6) is -2.49. The van der Waals surface area contributed by atoms with E-state index < -0.39 is 34.9 Å². The quantitative estimate of drug-likeness (QED) is 0.842. The summed E-state index contributed by atoms with van der Waals surface area (Å²) in [6, 6.07) is 2.05. The molecule has 1 aliphatic rings. The Morgan fingerprint density at radius 1 is 1.29 bits per heavy atom. The van der Waals surface area contributed by atoms with Crippen molar-refractivity contribution >= 4 is 17.7 Å². The Bertz CT molecular complexity index is 902. The predicted molar refractivity (Wildman–Crippen MR) is 92.5 cm³/mol. The maximum atomic E-state index is 14.6. The van der Waals surface area contributed by atoms with Gasteiger partial charge in [-0.1, -0.05) is 5.21 Å². The first-order valence-corrected chi connectivity index (χ1v) is 8.39. The number of anilines is 1. The lowest BCUT2D eigenvalue weighted by molar-refractivity contribution is -0.125. The number of benzene rings is 1.